The summed E-state index contributed by atoms with van der Waals surface area (Å²) < 4.78 is 69.1. The molecular weight excluding hydrogens is 636 g/mol. The predicted molar refractivity (Wildman–Crippen MR) is 170 cm³/mol. The minimum absolute atomic E-state index is 0.0646. The average molecular weight is 667 g/mol. The second-order valence-electron chi connectivity index (χ2n) is 10.8. The first kappa shape index (κ1) is 32.7. The summed E-state index contributed by atoms with van der Waals surface area (Å²) in [7, 11) is -10.1. The van der Waals surface area contributed by atoms with Crippen molar-refractivity contribution in [2.75, 3.05) is 10.2 Å². The largest absolute Gasteiger partial charge is 0.505 e. The van der Waals surface area contributed by atoms with E-state index in [1.54, 1.807) is 35.2 Å². The van der Waals surface area contributed by atoms with E-state index in [0.717, 1.165) is 44.2 Å². The smallest absolute Gasteiger partial charge is 0.296 e. The molecule has 0 aromatic heterocycles. The number of phenolic OH excluding ortho intramolecular Hbond substituents is 1. The van der Waals surface area contributed by atoms with Gasteiger partial charge in [0.1, 0.15) is 15.5 Å². The highest BCUT2D eigenvalue weighted by Gasteiger charge is 2.28. The summed E-state index contributed by atoms with van der Waals surface area (Å²) in [6.07, 6.45) is 4.93. The molecule has 0 radical (unpaired) electrons. The average Bonchev–Trinajstić information content (AvgIpc) is 3.01. The molecule has 15 heteroatoms. The van der Waals surface area contributed by atoms with Gasteiger partial charge in [0.25, 0.3) is 26.1 Å². The summed E-state index contributed by atoms with van der Waals surface area (Å²) in [6, 6.07) is 17.1. The second-order valence-corrected chi connectivity index (χ2v) is 13.6. The highest BCUT2D eigenvalue weighted by atomic mass is 32.2. The van der Waals surface area contributed by atoms with E-state index in [2.05, 4.69) is 15.5 Å². The molecule has 240 valence electrons. The van der Waals surface area contributed by atoms with Gasteiger partial charge < -0.3 is 15.3 Å². The predicted octanol–water partition coefficient (Wildman–Crippen LogP) is 6.39. The summed E-state index contributed by atoms with van der Waals surface area (Å²) in [5.41, 5.74) is 0.152. The number of rotatable bonds is 8. The van der Waals surface area contributed by atoms with Gasteiger partial charge in [0, 0.05) is 29.6 Å². The van der Waals surface area contributed by atoms with Crippen molar-refractivity contribution in [3.8, 4) is 5.75 Å². The number of phenols is 1. The third-order valence-electron chi connectivity index (χ3n) is 7.69. The lowest BCUT2D eigenvalue weighted by Gasteiger charge is -2.33. The van der Waals surface area contributed by atoms with Crippen molar-refractivity contribution >= 4 is 65.6 Å². The molecule has 0 atom stereocenters. The van der Waals surface area contributed by atoms with Crippen LogP contribution in [0.3, 0.4) is 0 Å². The molecule has 2 amide bonds. The number of aromatic hydroxyl groups is 1. The van der Waals surface area contributed by atoms with Crippen molar-refractivity contribution < 1.29 is 40.6 Å². The standard InChI is InChI=1S/C31H30N4O9S2/c1-19(36)35(22-10-6-3-7-11-22)23-14-12-21(13-15-23)33-34-29-27(46(42,43)44)18-24-26(45(39,40)41)17-16-25(28(24)30(29)37)32-31(38)20-8-4-2-5-9-20/h2,4-5,8-9,12-18,22,37H,3,6-7,10-11H2,1H3,(H,32,38)(H,39,40,41)(H,42,43,44). The van der Waals surface area contributed by atoms with Crippen LogP contribution < -0.4 is 10.2 Å². The number of amides is 2. The molecule has 4 N–H and O–H groups in total. The molecule has 5 rings (SSSR count). The minimum atomic E-state index is -5.15. The topological polar surface area (TPSA) is 203 Å². The van der Waals surface area contributed by atoms with Crippen LogP contribution in [0.4, 0.5) is 22.7 Å². The number of anilines is 2. The molecule has 0 heterocycles. The third kappa shape index (κ3) is 6.92. The normalized spacial score (nSPS) is 14.4. The zero-order valence-electron chi connectivity index (χ0n) is 24.5. The lowest BCUT2D eigenvalue weighted by Crippen LogP contribution is -2.40. The SMILES string of the molecule is CC(=O)N(c1ccc(N=Nc2c(S(=O)(=O)O)cc3c(S(=O)(=O)O)ccc(NC(=O)c4ccccc4)c3c2O)cc1)C1CCCCC1. The summed E-state index contributed by atoms with van der Waals surface area (Å²) >= 11 is 0. The van der Waals surface area contributed by atoms with Gasteiger partial charge in [-0.3, -0.25) is 18.7 Å². The maximum Gasteiger partial charge on any atom is 0.296 e. The Morgan fingerprint density at radius 1 is 0.826 bits per heavy atom. The van der Waals surface area contributed by atoms with Crippen LogP contribution in [-0.2, 0) is 25.0 Å². The minimum Gasteiger partial charge on any atom is -0.505 e. The number of hydrogen-bond donors (Lipinski definition) is 4. The Bertz CT molecular complexity index is 2060. The molecule has 0 saturated heterocycles. The van der Waals surface area contributed by atoms with Gasteiger partial charge in [-0.15, -0.1) is 5.11 Å². The van der Waals surface area contributed by atoms with E-state index in [1.165, 1.54) is 31.2 Å². The van der Waals surface area contributed by atoms with Gasteiger partial charge in [-0.25, -0.2) is 0 Å². The van der Waals surface area contributed by atoms with Gasteiger partial charge >= 0.3 is 0 Å². The fourth-order valence-electron chi connectivity index (χ4n) is 5.62. The maximum atomic E-state index is 12.9. The molecule has 0 spiro atoms. The molecule has 1 saturated carbocycles. The van der Waals surface area contributed by atoms with E-state index in [0.29, 0.717) is 11.8 Å². The molecular formula is C31H30N4O9S2. The Kier molecular flexibility index (Phi) is 9.21. The second kappa shape index (κ2) is 13.0. The van der Waals surface area contributed by atoms with E-state index in [-0.39, 0.29) is 34.3 Å². The zero-order chi connectivity index (χ0) is 33.2. The molecule has 0 aliphatic heterocycles. The number of nitrogens with one attached hydrogen (secondary N) is 1. The molecule has 46 heavy (non-hydrogen) atoms. The monoisotopic (exact) mass is 666 g/mol. The van der Waals surface area contributed by atoms with Gasteiger partial charge in [0.2, 0.25) is 5.91 Å². The summed E-state index contributed by atoms with van der Waals surface area (Å²) in [5.74, 6) is -1.70. The number of azo groups is 1. The van der Waals surface area contributed by atoms with Crippen LogP contribution in [0, 0.1) is 0 Å². The number of carbonyl (C=O) groups excluding carboxylic acids is 2. The first-order valence-electron chi connectivity index (χ1n) is 14.2. The van der Waals surface area contributed by atoms with Gasteiger partial charge in [0.05, 0.1) is 16.8 Å². The number of hydrogen-bond acceptors (Lipinski definition) is 9. The fraction of sp³-hybridized carbons (Fsp3) is 0.226. The highest BCUT2D eigenvalue weighted by Crippen LogP contribution is 2.46. The zero-order valence-corrected chi connectivity index (χ0v) is 26.1. The van der Waals surface area contributed by atoms with Crippen molar-refractivity contribution in [1.29, 1.82) is 0 Å². The first-order chi connectivity index (χ1) is 21.8. The quantitative estimate of drug-likeness (QED) is 0.121. The third-order valence-corrected chi connectivity index (χ3v) is 9.47. The van der Waals surface area contributed by atoms with Crippen molar-refractivity contribution in [1.82, 2.24) is 0 Å². The summed E-state index contributed by atoms with van der Waals surface area (Å²) in [5, 5.41) is 20.9. The highest BCUT2D eigenvalue weighted by molar-refractivity contribution is 7.86. The first-order valence-corrected chi connectivity index (χ1v) is 17.1. The Balaban J connectivity index is 1.61. The molecule has 1 aliphatic rings. The number of carbonyl (C=O) groups is 2. The van der Waals surface area contributed by atoms with Crippen LogP contribution in [0.2, 0.25) is 0 Å². The van der Waals surface area contributed by atoms with Gasteiger partial charge in [-0.1, -0.05) is 37.5 Å². The molecule has 0 bridgehead atoms. The number of fused-ring (bicyclic) bond motifs is 1. The van der Waals surface area contributed by atoms with Crippen LogP contribution in [0.25, 0.3) is 10.8 Å². The van der Waals surface area contributed by atoms with Gasteiger partial charge in [0.15, 0.2) is 5.75 Å². The van der Waals surface area contributed by atoms with Crippen molar-refractivity contribution in [2.24, 2.45) is 10.2 Å². The van der Waals surface area contributed by atoms with E-state index >= 15 is 0 Å². The van der Waals surface area contributed by atoms with Crippen molar-refractivity contribution in [3.05, 3.63) is 78.4 Å². The van der Waals surface area contributed by atoms with Crippen molar-refractivity contribution in [3.63, 3.8) is 0 Å². The Hall–Kier alpha value is -4.70. The summed E-state index contributed by atoms with van der Waals surface area (Å²) in [6.45, 7) is 1.49. The van der Waals surface area contributed by atoms with Crippen LogP contribution in [0.5, 0.6) is 5.75 Å². The summed E-state index contributed by atoms with van der Waals surface area (Å²) in [4.78, 5) is 25.3. The van der Waals surface area contributed by atoms with E-state index < -0.39 is 52.8 Å². The van der Waals surface area contributed by atoms with E-state index in [1.807, 2.05) is 0 Å². The van der Waals surface area contributed by atoms with Gasteiger partial charge in [-0.05, 0) is 67.4 Å². The van der Waals surface area contributed by atoms with E-state index in [4.69, 9.17) is 0 Å². The lowest BCUT2D eigenvalue weighted by atomic mass is 9.93. The Labute approximate surface area is 265 Å². The van der Waals surface area contributed by atoms with E-state index in [9.17, 15) is 40.6 Å². The van der Waals surface area contributed by atoms with Crippen molar-refractivity contribution in [2.45, 2.75) is 54.9 Å². The molecule has 13 nitrogen and oxygen atoms in total. The van der Waals surface area contributed by atoms with Crippen LogP contribution in [0.15, 0.2) is 92.8 Å². The lowest BCUT2D eigenvalue weighted by molar-refractivity contribution is -0.117. The molecule has 4 aromatic rings. The molecule has 1 aliphatic carbocycles. The van der Waals surface area contributed by atoms with Crippen LogP contribution in [0.1, 0.15) is 49.4 Å². The van der Waals surface area contributed by atoms with Crippen LogP contribution >= 0.6 is 0 Å². The molecule has 0 unspecified atom stereocenters. The Morgan fingerprint density at radius 3 is 2.04 bits per heavy atom. The van der Waals surface area contributed by atoms with Gasteiger partial charge in [-0.2, -0.15) is 21.9 Å². The molecule has 4 aromatic carbocycles. The maximum absolute atomic E-state index is 12.9. The number of nitrogens with zero attached hydrogens (tertiary/aromatic N) is 3. The molecule has 1 fully saturated rings. The fourth-order valence-corrected chi connectivity index (χ4v) is 6.94. The Morgan fingerprint density at radius 2 is 1.46 bits per heavy atom. The number of benzene rings is 4. The van der Waals surface area contributed by atoms with Crippen LogP contribution in [-0.4, -0.2) is 48.9 Å².